The van der Waals surface area contributed by atoms with Gasteiger partial charge < -0.3 is 15.5 Å². The number of carbonyl (C=O) groups excluding carboxylic acids is 2. The quantitative estimate of drug-likeness (QED) is 0.547. The van der Waals surface area contributed by atoms with Crippen LogP contribution in [0.25, 0.3) is 0 Å². The summed E-state index contributed by atoms with van der Waals surface area (Å²) >= 11 is 10.8. The van der Waals surface area contributed by atoms with Crippen LogP contribution in [0.5, 0.6) is 0 Å². The van der Waals surface area contributed by atoms with E-state index in [2.05, 4.69) is 20.4 Å². The predicted octanol–water partition coefficient (Wildman–Crippen LogP) is 0.952. The molecule has 0 aliphatic carbocycles. The Kier molecular flexibility index (Phi) is 2.74. The highest BCUT2D eigenvalue weighted by atomic mass is 35.5. The molecule has 0 saturated carbocycles. The molecule has 1 aromatic rings. The molecular formula is C5H3Cl2N3O3. The molecule has 70 valence electrons. The first-order chi connectivity index (χ1) is 6.00. The molecule has 1 heterocycles. The lowest BCUT2D eigenvalue weighted by Crippen LogP contribution is -2.19. The highest BCUT2D eigenvalue weighted by Crippen LogP contribution is 2.17. The summed E-state index contributed by atoms with van der Waals surface area (Å²) in [5.74, 6) is -1.32. The Balaban J connectivity index is 2.83. The van der Waals surface area contributed by atoms with Gasteiger partial charge in [0.2, 0.25) is 5.82 Å². The van der Waals surface area contributed by atoms with E-state index in [0.29, 0.717) is 0 Å². The summed E-state index contributed by atoms with van der Waals surface area (Å²) in [6.45, 7) is 0. The van der Waals surface area contributed by atoms with Gasteiger partial charge in [-0.25, -0.2) is 14.6 Å². The van der Waals surface area contributed by atoms with Crippen molar-refractivity contribution in [3.05, 3.63) is 16.1 Å². The number of nitrogens with two attached hydrogens (primary N) is 1. The molecule has 8 heteroatoms. The minimum atomic E-state index is -1.23. The topological polar surface area (TPSA) is 98.1 Å². The van der Waals surface area contributed by atoms with E-state index >= 15 is 0 Å². The normalized spacial score (nSPS) is 9.69. The number of aromatic amines is 1. The van der Waals surface area contributed by atoms with E-state index in [1.165, 1.54) is 0 Å². The van der Waals surface area contributed by atoms with Gasteiger partial charge in [0, 0.05) is 0 Å². The Hall–Kier alpha value is -1.27. The van der Waals surface area contributed by atoms with E-state index < -0.39 is 12.1 Å². The number of aromatic nitrogens is 2. The maximum absolute atomic E-state index is 10.9. The number of hydrogen-bond acceptors (Lipinski definition) is 4. The summed E-state index contributed by atoms with van der Waals surface area (Å²) in [4.78, 5) is 26.8. The summed E-state index contributed by atoms with van der Waals surface area (Å²) in [5, 5.41) is -0.101. The molecule has 0 atom stereocenters. The van der Waals surface area contributed by atoms with Crippen LogP contribution in [0.2, 0.25) is 10.3 Å². The van der Waals surface area contributed by atoms with E-state index in [4.69, 9.17) is 23.2 Å². The van der Waals surface area contributed by atoms with E-state index in [0.717, 1.165) is 0 Å². The molecule has 0 unspecified atom stereocenters. The summed E-state index contributed by atoms with van der Waals surface area (Å²) in [5.41, 5.74) is 4.59. The third-order valence-corrected chi connectivity index (χ3v) is 1.65. The molecule has 1 rings (SSSR count). The number of amides is 1. The zero-order chi connectivity index (χ0) is 10.0. The second-order valence-corrected chi connectivity index (χ2v) is 2.63. The lowest BCUT2D eigenvalue weighted by molar-refractivity contribution is 0.0626. The first kappa shape index (κ1) is 9.82. The fourth-order valence-corrected chi connectivity index (χ4v) is 0.831. The number of rotatable bonds is 1. The van der Waals surface area contributed by atoms with Gasteiger partial charge in [-0.1, -0.05) is 23.2 Å². The Morgan fingerprint density at radius 3 is 2.46 bits per heavy atom. The van der Waals surface area contributed by atoms with Crippen molar-refractivity contribution in [2.45, 2.75) is 0 Å². The van der Waals surface area contributed by atoms with Crippen molar-refractivity contribution in [1.29, 1.82) is 0 Å². The fourth-order valence-electron chi connectivity index (χ4n) is 0.567. The van der Waals surface area contributed by atoms with Crippen LogP contribution < -0.4 is 5.73 Å². The van der Waals surface area contributed by atoms with E-state index in [1.807, 2.05) is 0 Å². The number of esters is 1. The van der Waals surface area contributed by atoms with Crippen LogP contribution >= 0.6 is 23.2 Å². The number of H-pyrrole nitrogens is 1. The zero-order valence-corrected chi connectivity index (χ0v) is 7.52. The number of halogens is 2. The first-order valence-electron chi connectivity index (χ1n) is 2.93. The maximum Gasteiger partial charge on any atom is 0.412 e. The molecule has 0 aromatic carbocycles. The molecule has 0 aliphatic rings. The molecule has 13 heavy (non-hydrogen) atoms. The molecule has 1 amide bonds. The molecule has 3 N–H and O–H groups in total. The fraction of sp³-hybridized carbons (Fsp3) is 0. The van der Waals surface area contributed by atoms with Crippen molar-refractivity contribution < 1.29 is 14.3 Å². The van der Waals surface area contributed by atoms with Crippen molar-refractivity contribution >= 4 is 35.3 Å². The average molecular weight is 224 g/mol. The van der Waals surface area contributed by atoms with E-state index in [1.54, 1.807) is 0 Å². The molecule has 0 spiro atoms. The van der Waals surface area contributed by atoms with Gasteiger partial charge in [-0.15, -0.1) is 0 Å². The minimum Gasteiger partial charge on any atom is -0.370 e. The molecule has 0 aliphatic heterocycles. The molecule has 0 bridgehead atoms. The van der Waals surface area contributed by atoms with Gasteiger partial charge in [-0.2, -0.15) is 0 Å². The lowest BCUT2D eigenvalue weighted by Gasteiger charge is -1.93. The van der Waals surface area contributed by atoms with Crippen LogP contribution in [0.15, 0.2) is 0 Å². The molecule has 0 fully saturated rings. The van der Waals surface area contributed by atoms with E-state index in [9.17, 15) is 9.59 Å². The van der Waals surface area contributed by atoms with Crippen LogP contribution in [0.1, 0.15) is 10.6 Å². The summed E-state index contributed by atoms with van der Waals surface area (Å²) in [6.07, 6.45) is -1.23. The van der Waals surface area contributed by atoms with Crippen LogP contribution in [-0.4, -0.2) is 22.0 Å². The van der Waals surface area contributed by atoms with E-state index in [-0.39, 0.29) is 16.1 Å². The standard InChI is InChI=1S/C5H3Cl2N3O3/c6-1-2(7)10-3(9-1)4(11)13-5(8)12/h(H2,8,12)(H,9,10). The highest BCUT2D eigenvalue weighted by molar-refractivity contribution is 6.40. The number of carbonyl (C=O) groups is 2. The summed E-state index contributed by atoms with van der Waals surface area (Å²) in [6, 6.07) is 0. The summed E-state index contributed by atoms with van der Waals surface area (Å²) in [7, 11) is 0. The Morgan fingerprint density at radius 2 is 2.08 bits per heavy atom. The number of hydrogen-bond donors (Lipinski definition) is 2. The van der Waals surface area contributed by atoms with Gasteiger partial charge in [-0.05, 0) is 0 Å². The van der Waals surface area contributed by atoms with Crippen molar-refractivity contribution in [1.82, 2.24) is 9.97 Å². The SMILES string of the molecule is NC(=O)OC(=O)c1nc(Cl)c(Cl)[nH]1. The number of imidazole rings is 1. The number of nitrogens with zero attached hydrogens (tertiary/aromatic N) is 1. The first-order valence-corrected chi connectivity index (χ1v) is 3.69. The third kappa shape index (κ3) is 2.33. The van der Waals surface area contributed by atoms with Crippen LogP contribution in [-0.2, 0) is 4.74 Å². The van der Waals surface area contributed by atoms with Gasteiger partial charge in [0.1, 0.15) is 5.15 Å². The highest BCUT2D eigenvalue weighted by Gasteiger charge is 2.16. The van der Waals surface area contributed by atoms with Crippen molar-refractivity contribution in [2.75, 3.05) is 0 Å². The molecular weight excluding hydrogens is 221 g/mol. The summed E-state index contributed by atoms with van der Waals surface area (Å²) < 4.78 is 3.99. The molecule has 0 saturated heterocycles. The second kappa shape index (κ2) is 3.63. The van der Waals surface area contributed by atoms with Crippen molar-refractivity contribution in [3.63, 3.8) is 0 Å². The average Bonchev–Trinajstić information content (AvgIpc) is 2.31. The largest absolute Gasteiger partial charge is 0.412 e. The van der Waals surface area contributed by atoms with Crippen LogP contribution in [0, 0.1) is 0 Å². The van der Waals surface area contributed by atoms with Gasteiger partial charge >= 0.3 is 12.1 Å². The van der Waals surface area contributed by atoms with Gasteiger partial charge in [0.15, 0.2) is 5.15 Å². The van der Waals surface area contributed by atoms with Gasteiger partial charge in [-0.3, -0.25) is 0 Å². The van der Waals surface area contributed by atoms with Crippen molar-refractivity contribution in [2.24, 2.45) is 5.73 Å². The number of ether oxygens (including phenoxy) is 1. The zero-order valence-electron chi connectivity index (χ0n) is 6.01. The monoisotopic (exact) mass is 223 g/mol. The number of primary amides is 1. The third-order valence-electron chi connectivity index (χ3n) is 1.01. The molecule has 0 radical (unpaired) electrons. The van der Waals surface area contributed by atoms with Crippen LogP contribution in [0.4, 0.5) is 4.79 Å². The van der Waals surface area contributed by atoms with Gasteiger partial charge in [0.25, 0.3) is 0 Å². The Morgan fingerprint density at radius 1 is 1.46 bits per heavy atom. The lowest BCUT2D eigenvalue weighted by atomic mass is 10.6. The molecule has 6 nitrogen and oxygen atoms in total. The molecule has 1 aromatic heterocycles. The maximum atomic E-state index is 10.9. The van der Waals surface area contributed by atoms with Crippen molar-refractivity contribution in [3.8, 4) is 0 Å². The second-order valence-electron chi connectivity index (χ2n) is 1.90. The number of nitrogens with one attached hydrogen (secondary N) is 1. The van der Waals surface area contributed by atoms with Gasteiger partial charge in [0.05, 0.1) is 0 Å². The Bertz CT molecular complexity index is 342. The van der Waals surface area contributed by atoms with Crippen LogP contribution in [0.3, 0.4) is 0 Å². The Labute approximate surface area is 82.0 Å². The minimum absolute atomic E-state index is 0.0157. The smallest absolute Gasteiger partial charge is 0.370 e. The predicted molar refractivity (Wildman–Crippen MR) is 43.6 cm³/mol.